The Labute approximate surface area is 116 Å². The van der Waals surface area contributed by atoms with Gasteiger partial charge in [0.15, 0.2) is 0 Å². The fraction of sp³-hybridized carbons (Fsp3) is 0.625. The van der Waals surface area contributed by atoms with Gasteiger partial charge >= 0.3 is 0 Å². The summed E-state index contributed by atoms with van der Waals surface area (Å²) in [6.07, 6.45) is 6.44. The molecule has 1 N–H and O–H groups in total. The van der Waals surface area contributed by atoms with Gasteiger partial charge in [-0.2, -0.15) is 0 Å². The van der Waals surface area contributed by atoms with E-state index in [1.165, 1.54) is 24.8 Å². The third-order valence-corrected chi connectivity index (χ3v) is 3.90. The van der Waals surface area contributed by atoms with Crippen molar-refractivity contribution < 1.29 is 9.47 Å². The zero-order valence-electron chi connectivity index (χ0n) is 12.0. The summed E-state index contributed by atoms with van der Waals surface area (Å²) in [5, 5.41) is 3.40. The molecule has 19 heavy (non-hydrogen) atoms. The fourth-order valence-corrected chi connectivity index (χ4v) is 2.72. The van der Waals surface area contributed by atoms with Crippen molar-refractivity contribution in [3.8, 4) is 5.75 Å². The number of ether oxygens (including phenoxy) is 2. The summed E-state index contributed by atoms with van der Waals surface area (Å²) >= 11 is 0. The van der Waals surface area contributed by atoms with Gasteiger partial charge in [0.25, 0.3) is 0 Å². The molecule has 0 bridgehead atoms. The van der Waals surface area contributed by atoms with Crippen LogP contribution in [-0.4, -0.2) is 26.9 Å². The van der Waals surface area contributed by atoms with Gasteiger partial charge in [0.05, 0.1) is 13.2 Å². The van der Waals surface area contributed by atoms with Gasteiger partial charge in [0.2, 0.25) is 0 Å². The molecule has 1 aromatic carbocycles. The summed E-state index contributed by atoms with van der Waals surface area (Å²) in [6.45, 7) is 0.939. The second kappa shape index (κ2) is 7.51. The van der Waals surface area contributed by atoms with Gasteiger partial charge in [-0.05, 0) is 56.8 Å². The zero-order chi connectivity index (χ0) is 13.5. The van der Waals surface area contributed by atoms with Crippen molar-refractivity contribution >= 4 is 0 Å². The Bertz CT molecular complexity index is 375. The topological polar surface area (TPSA) is 30.5 Å². The first kappa shape index (κ1) is 14.4. The first-order valence-electron chi connectivity index (χ1n) is 7.26. The molecule has 0 spiro atoms. The number of hydrogen-bond donors (Lipinski definition) is 1. The van der Waals surface area contributed by atoms with Crippen LogP contribution in [0.2, 0.25) is 0 Å². The monoisotopic (exact) mass is 263 g/mol. The highest BCUT2D eigenvalue weighted by molar-refractivity contribution is 5.30. The Morgan fingerprint density at radius 1 is 1.42 bits per heavy atom. The van der Waals surface area contributed by atoms with E-state index in [-0.39, 0.29) is 0 Å². The molecular weight excluding hydrogens is 238 g/mol. The van der Waals surface area contributed by atoms with Crippen LogP contribution in [0, 0.1) is 0 Å². The minimum atomic E-state index is 0.376. The second-order valence-corrected chi connectivity index (χ2v) is 5.18. The van der Waals surface area contributed by atoms with Gasteiger partial charge in [-0.15, -0.1) is 0 Å². The number of rotatable bonds is 6. The summed E-state index contributed by atoms with van der Waals surface area (Å²) in [5.74, 6) is 0.923. The molecule has 0 radical (unpaired) electrons. The van der Waals surface area contributed by atoms with Crippen molar-refractivity contribution in [1.29, 1.82) is 0 Å². The molecule has 0 aliphatic carbocycles. The van der Waals surface area contributed by atoms with E-state index >= 15 is 0 Å². The Morgan fingerprint density at radius 3 is 3.00 bits per heavy atom. The molecule has 1 aromatic rings. The molecule has 2 rings (SSSR count). The molecule has 0 aromatic heterocycles. The number of nitrogens with one attached hydrogen (secondary N) is 1. The van der Waals surface area contributed by atoms with E-state index in [0.717, 1.165) is 25.2 Å². The van der Waals surface area contributed by atoms with Crippen LogP contribution in [-0.2, 0) is 4.74 Å². The molecule has 0 saturated carbocycles. The third-order valence-electron chi connectivity index (χ3n) is 3.90. The van der Waals surface area contributed by atoms with Crippen LogP contribution in [0.5, 0.6) is 5.75 Å². The minimum Gasteiger partial charge on any atom is -0.497 e. The van der Waals surface area contributed by atoms with Gasteiger partial charge in [0, 0.05) is 12.6 Å². The van der Waals surface area contributed by atoms with Crippen LogP contribution < -0.4 is 10.1 Å². The standard InChI is InChI=1S/C16H25NO2/c1-17-16(10-9-14-7-3-4-11-19-14)13-6-5-8-15(12-13)18-2/h5-6,8,12,14,16-17H,3-4,7,9-11H2,1-2H3. The van der Waals surface area contributed by atoms with Crippen molar-refractivity contribution in [1.82, 2.24) is 5.32 Å². The first-order valence-corrected chi connectivity index (χ1v) is 7.26. The van der Waals surface area contributed by atoms with E-state index in [4.69, 9.17) is 9.47 Å². The lowest BCUT2D eigenvalue weighted by Gasteiger charge is -2.25. The average Bonchev–Trinajstić information content (AvgIpc) is 2.49. The van der Waals surface area contributed by atoms with Crippen molar-refractivity contribution in [3.63, 3.8) is 0 Å². The Kier molecular flexibility index (Phi) is 5.67. The summed E-state index contributed by atoms with van der Waals surface area (Å²) in [4.78, 5) is 0. The maximum Gasteiger partial charge on any atom is 0.119 e. The maximum absolute atomic E-state index is 5.80. The Balaban J connectivity index is 1.91. The molecule has 0 amide bonds. The summed E-state index contributed by atoms with van der Waals surface area (Å²) < 4.78 is 11.1. The lowest BCUT2D eigenvalue weighted by atomic mass is 9.97. The molecule has 2 atom stereocenters. The molecule has 1 saturated heterocycles. The van der Waals surface area contributed by atoms with Crippen LogP contribution in [0.4, 0.5) is 0 Å². The smallest absolute Gasteiger partial charge is 0.119 e. The van der Waals surface area contributed by atoms with Crippen LogP contribution in [0.3, 0.4) is 0 Å². The van der Waals surface area contributed by atoms with Crippen LogP contribution in [0.25, 0.3) is 0 Å². The van der Waals surface area contributed by atoms with E-state index in [0.29, 0.717) is 12.1 Å². The van der Waals surface area contributed by atoms with Crippen LogP contribution >= 0.6 is 0 Å². The first-order chi connectivity index (χ1) is 9.33. The largest absolute Gasteiger partial charge is 0.497 e. The predicted octanol–water partition coefficient (Wildman–Crippen LogP) is 3.31. The molecule has 3 heteroatoms. The van der Waals surface area contributed by atoms with Gasteiger partial charge in [-0.3, -0.25) is 0 Å². The number of methoxy groups -OCH3 is 1. The normalized spacial score (nSPS) is 21.1. The van der Waals surface area contributed by atoms with Crippen molar-refractivity contribution in [3.05, 3.63) is 29.8 Å². The Morgan fingerprint density at radius 2 is 2.32 bits per heavy atom. The Hall–Kier alpha value is -1.06. The highest BCUT2D eigenvalue weighted by atomic mass is 16.5. The second-order valence-electron chi connectivity index (χ2n) is 5.18. The fourth-order valence-electron chi connectivity index (χ4n) is 2.72. The van der Waals surface area contributed by atoms with Gasteiger partial charge in [-0.1, -0.05) is 12.1 Å². The number of benzene rings is 1. The quantitative estimate of drug-likeness (QED) is 0.854. The predicted molar refractivity (Wildman–Crippen MR) is 77.6 cm³/mol. The van der Waals surface area contributed by atoms with Gasteiger partial charge < -0.3 is 14.8 Å². The maximum atomic E-state index is 5.80. The van der Waals surface area contributed by atoms with Crippen LogP contribution in [0.1, 0.15) is 43.7 Å². The summed E-state index contributed by atoms with van der Waals surface area (Å²) in [7, 11) is 3.73. The highest BCUT2D eigenvalue weighted by Gasteiger charge is 2.17. The summed E-state index contributed by atoms with van der Waals surface area (Å²) in [6, 6.07) is 8.69. The third kappa shape index (κ3) is 4.22. The lowest BCUT2D eigenvalue weighted by Crippen LogP contribution is -2.23. The van der Waals surface area contributed by atoms with Crippen molar-refractivity contribution in [2.45, 2.75) is 44.2 Å². The molecule has 1 aliphatic heterocycles. The molecule has 1 fully saturated rings. The number of hydrogen-bond acceptors (Lipinski definition) is 3. The highest BCUT2D eigenvalue weighted by Crippen LogP contribution is 2.25. The zero-order valence-corrected chi connectivity index (χ0v) is 12.0. The van der Waals surface area contributed by atoms with Crippen LogP contribution in [0.15, 0.2) is 24.3 Å². The molecule has 1 heterocycles. The van der Waals surface area contributed by atoms with Gasteiger partial charge in [0.1, 0.15) is 5.75 Å². The van der Waals surface area contributed by atoms with E-state index in [9.17, 15) is 0 Å². The summed E-state index contributed by atoms with van der Waals surface area (Å²) in [5.41, 5.74) is 1.29. The average molecular weight is 263 g/mol. The molecule has 1 aliphatic rings. The minimum absolute atomic E-state index is 0.376. The molecule has 2 unspecified atom stereocenters. The molecule has 106 valence electrons. The van der Waals surface area contributed by atoms with Crippen molar-refractivity contribution in [2.75, 3.05) is 20.8 Å². The van der Waals surface area contributed by atoms with Crippen molar-refractivity contribution in [2.24, 2.45) is 0 Å². The SMILES string of the molecule is CNC(CCC1CCCCO1)c1cccc(OC)c1. The van der Waals surface area contributed by atoms with E-state index in [2.05, 4.69) is 23.5 Å². The van der Waals surface area contributed by atoms with E-state index in [1.807, 2.05) is 13.1 Å². The lowest BCUT2D eigenvalue weighted by molar-refractivity contribution is 0.00866. The molecular formula is C16H25NO2. The van der Waals surface area contributed by atoms with E-state index < -0.39 is 0 Å². The molecule has 3 nitrogen and oxygen atoms in total. The van der Waals surface area contributed by atoms with Gasteiger partial charge in [-0.25, -0.2) is 0 Å². The van der Waals surface area contributed by atoms with E-state index in [1.54, 1.807) is 7.11 Å².